The monoisotopic (exact) mass is 1290 g/mol. The third kappa shape index (κ3) is 16.0. The van der Waals surface area contributed by atoms with E-state index in [9.17, 15) is 0 Å². The normalized spacial score (nSPS) is 15.5. The first-order valence-corrected chi connectivity index (χ1v) is 81.1. The molecule has 0 saturated carbocycles. The maximum atomic E-state index is 7.93. The second-order valence-electron chi connectivity index (χ2n) is 38.1. The molecule has 0 spiro atoms. The van der Waals surface area contributed by atoms with E-state index < -0.39 is 118 Å². The van der Waals surface area contributed by atoms with Crippen LogP contribution >= 0.6 is 10.5 Å². The maximum absolute atomic E-state index is 7.93. The Balaban J connectivity index is 3.99. The van der Waals surface area contributed by atoms with E-state index in [0.717, 1.165) is 5.16 Å². The van der Waals surface area contributed by atoms with E-state index >= 15 is 0 Å². The number of hydrogen-bond donors (Lipinski definition) is 0. The summed E-state index contributed by atoms with van der Waals surface area (Å²) in [6.07, 6.45) is 0. The molecule has 422 valence electrons. The third-order valence-electron chi connectivity index (χ3n) is 17.2. The topological polar surface area (TPSA) is 0 Å². The summed E-state index contributed by atoms with van der Waals surface area (Å²) < 4.78 is 2.17. The van der Waals surface area contributed by atoms with Crippen LogP contribution < -0.4 is 4.40 Å². The fraction of sp³-hybridized carbons (Fsp3) is 0.793. The van der Waals surface area contributed by atoms with Crippen LogP contribution in [0, 0.1) is 0 Å². The van der Waals surface area contributed by atoms with Gasteiger partial charge in [0.15, 0.2) is 0 Å². The van der Waals surface area contributed by atoms with Crippen molar-refractivity contribution in [2.75, 3.05) is 0 Å². The Morgan fingerprint density at radius 2 is 0.521 bits per heavy atom. The average molecular weight is 1300 g/mol. The third-order valence-corrected chi connectivity index (χ3v) is 90.4. The van der Waals surface area contributed by atoms with Crippen molar-refractivity contribution < 1.29 is 0 Å². The number of benzene rings is 2. The van der Waals surface area contributed by atoms with Gasteiger partial charge in [-0.3, -0.25) is 0 Å². The molecule has 0 aromatic heterocycles. The molecule has 0 aliphatic carbocycles. The minimum atomic E-state index is -2.57. The first-order valence-electron chi connectivity index (χ1n) is 29.3. The van der Waals surface area contributed by atoms with Crippen LogP contribution in [-0.4, -0.2) is 118 Å². The molecule has 0 nitrogen and oxygen atoms in total. The van der Waals surface area contributed by atoms with Crippen LogP contribution in [0.25, 0.3) is 0 Å². The van der Waals surface area contributed by atoms with Crippen LogP contribution in [0.1, 0.15) is 64.8 Å². The van der Waals surface area contributed by atoms with Crippen LogP contribution in [0.15, 0.2) is 24.3 Å². The molecule has 73 heavy (non-hydrogen) atoms. The summed E-state index contributed by atoms with van der Waals surface area (Å²) in [5, 5.41) is 4.59. The molecule has 2 rings (SSSR count). The fourth-order valence-corrected chi connectivity index (χ4v) is 121. The molecular formula is C58H128GeSSi13. The molecule has 0 N–H and O–H groups in total. The van der Waals surface area contributed by atoms with Gasteiger partial charge in [0.2, 0.25) is 0 Å². The Bertz CT molecular complexity index is 2050. The summed E-state index contributed by atoms with van der Waals surface area (Å²) in [6.45, 7) is 108. The summed E-state index contributed by atoms with van der Waals surface area (Å²) in [6, 6.07) is 12.1. The summed E-state index contributed by atoms with van der Waals surface area (Å²) in [7, 11) is -14.9. The fourth-order valence-electron chi connectivity index (χ4n) is 19.5. The van der Waals surface area contributed by atoms with Crippen molar-refractivity contribution in [3.63, 3.8) is 0 Å². The molecule has 15 heteroatoms. The molecular weight excluding hydrogens is 1170 g/mol. The van der Waals surface area contributed by atoms with E-state index in [0.29, 0.717) is 24.9 Å². The van der Waals surface area contributed by atoms with E-state index in [1.54, 1.807) is 5.56 Å². The van der Waals surface area contributed by atoms with Crippen LogP contribution in [0.2, 0.25) is 255 Å². The SMILES string of the molecule is C[Si](C)(C)C(c1cc(C([Si](C)(C)C)[Si](C)(C)C)c([CH2][Ge](=[S])[c]2c(C([Si](C)(C)C)[Si](C)(C)C)cc(C([Si](C)(C)C)([Si](C)(C)C)[Si](C)(C)C)cc2C([Si](C)(C)C)[Si](C)(C)C)c(C([Si](C)(C)C)[Si](C)(C)C)c1)[Si](C)(C)C. The molecule has 2 aromatic rings. The van der Waals surface area contributed by atoms with Crippen LogP contribution in [0.4, 0.5) is 0 Å². The van der Waals surface area contributed by atoms with Gasteiger partial charge < -0.3 is 0 Å². The van der Waals surface area contributed by atoms with Gasteiger partial charge in [-0.15, -0.1) is 0 Å². The van der Waals surface area contributed by atoms with Crippen molar-refractivity contribution >= 4 is 133 Å². The van der Waals surface area contributed by atoms with Gasteiger partial charge in [-0.1, -0.05) is 0 Å². The van der Waals surface area contributed by atoms with Gasteiger partial charge in [0.05, 0.1) is 0 Å². The Hall–Kier alpha value is 2.02. The average Bonchev–Trinajstić information content (AvgIpc) is 2.97. The van der Waals surface area contributed by atoms with Crippen molar-refractivity contribution in [1.82, 2.24) is 0 Å². The molecule has 0 heterocycles. The summed E-state index contributed by atoms with van der Waals surface area (Å²) in [4.78, 5) is 0. The zero-order valence-electron chi connectivity index (χ0n) is 56.8. The Labute approximate surface area is 481 Å². The predicted molar refractivity (Wildman–Crippen MR) is 388 cm³/mol. The van der Waals surface area contributed by atoms with E-state index in [-0.39, 0.29) is 0 Å². The van der Waals surface area contributed by atoms with Crippen LogP contribution in [0.3, 0.4) is 0 Å². The number of rotatable bonds is 22. The zero-order valence-corrected chi connectivity index (χ0v) is 72.7. The van der Waals surface area contributed by atoms with Crippen molar-refractivity contribution in [3.05, 3.63) is 63.2 Å². The predicted octanol–water partition coefficient (Wildman–Crippen LogP) is 20.9. The molecule has 0 aliphatic heterocycles. The quantitative estimate of drug-likeness (QED) is 0.106. The van der Waals surface area contributed by atoms with Gasteiger partial charge in [-0.05, 0) is 0 Å². The molecule has 0 saturated heterocycles. The van der Waals surface area contributed by atoms with Crippen LogP contribution in [-0.2, 0) is 9.54 Å². The van der Waals surface area contributed by atoms with Crippen molar-refractivity contribution in [1.29, 1.82) is 0 Å². The standard InChI is InChI=1S/C58H128GeSSi13/c1-61(2,3)53(62(4,5)6)45-40-47(54(63(7,8)9)64(10,11)12)51(48(41-45)55(65(13,14)15)66(16,17)18)44-59(60)52-49(56(67(19,20)21)68(22,23)24)42-46(43-50(52)57(69(25,26)27)70(28,29)30)58(71(31,32)33,72(34,35)36)73(37,38)39/h40-43,53-57H,44H2,1-39H3. The van der Waals surface area contributed by atoms with Crippen molar-refractivity contribution in [2.24, 2.45) is 0 Å². The Morgan fingerprint density at radius 3 is 0.712 bits per heavy atom. The van der Waals surface area contributed by atoms with E-state index in [4.69, 9.17) is 10.5 Å². The molecule has 0 aliphatic rings. The Morgan fingerprint density at radius 1 is 0.315 bits per heavy atom. The molecule has 2 aromatic carbocycles. The molecule has 0 atom stereocenters. The van der Waals surface area contributed by atoms with Gasteiger partial charge in [0.1, 0.15) is 0 Å². The second-order valence-corrected chi connectivity index (χ2v) is 117. The van der Waals surface area contributed by atoms with Crippen LogP contribution in [0.5, 0.6) is 0 Å². The molecule has 0 bridgehead atoms. The van der Waals surface area contributed by atoms with Crippen molar-refractivity contribution in [2.45, 2.75) is 291 Å². The molecule has 0 amide bonds. The second kappa shape index (κ2) is 22.3. The van der Waals surface area contributed by atoms with Crippen molar-refractivity contribution in [3.8, 4) is 0 Å². The molecule has 0 fully saturated rings. The minimum absolute atomic E-state index is 0.312. The van der Waals surface area contributed by atoms with E-state index in [1.807, 2.05) is 37.8 Å². The Kier molecular flexibility index (Phi) is 21.7. The van der Waals surface area contributed by atoms with Gasteiger partial charge in [0, 0.05) is 0 Å². The van der Waals surface area contributed by atoms with Gasteiger partial charge in [-0.2, -0.15) is 0 Å². The van der Waals surface area contributed by atoms with Gasteiger partial charge >= 0.3 is 486 Å². The van der Waals surface area contributed by atoms with Gasteiger partial charge in [0.25, 0.3) is 0 Å². The molecule has 0 radical (unpaired) electrons. The first-order chi connectivity index (χ1) is 31.4. The summed E-state index contributed by atoms with van der Waals surface area (Å²) >= 11 is -2.57. The van der Waals surface area contributed by atoms with E-state index in [2.05, 4.69) is 280 Å². The zero-order chi connectivity index (χ0) is 58.6. The summed E-state index contributed by atoms with van der Waals surface area (Å²) in [5.41, 5.74) is 12.8. The van der Waals surface area contributed by atoms with Gasteiger partial charge in [-0.25, -0.2) is 0 Å². The number of hydrogen-bond acceptors (Lipinski definition) is 1. The molecule has 0 unspecified atom stereocenters. The van der Waals surface area contributed by atoms with E-state index in [1.165, 1.54) is 5.25 Å². The first kappa shape index (κ1) is 71.1. The summed E-state index contributed by atoms with van der Waals surface area (Å²) in [5.74, 6) is 0.